The van der Waals surface area contributed by atoms with E-state index in [2.05, 4.69) is 22.5 Å². The number of hydrogen-bond acceptors (Lipinski definition) is 4. The highest BCUT2D eigenvalue weighted by molar-refractivity contribution is 9.10. The molecule has 1 aromatic rings. The first-order valence-electron chi connectivity index (χ1n) is 5.00. The molecule has 1 rings (SSSR count). The number of hydrogen-bond donors (Lipinski definition) is 2. The molecule has 3 N–H and O–H groups in total. The molecule has 17 heavy (non-hydrogen) atoms. The van der Waals surface area contributed by atoms with Crippen molar-refractivity contribution >= 4 is 21.6 Å². The molecule has 0 spiro atoms. The van der Waals surface area contributed by atoms with Crippen LogP contribution in [0.3, 0.4) is 0 Å². The van der Waals surface area contributed by atoms with Gasteiger partial charge in [0, 0.05) is 22.1 Å². The van der Waals surface area contributed by atoms with Crippen molar-refractivity contribution in [2.45, 2.75) is 18.9 Å². The fourth-order valence-electron chi connectivity index (χ4n) is 1.48. The number of allylic oxidation sites excluding steroid dienone is 1. The number of aromatic hydroxyl groups is 1. The van der Waals surface area contributed by atoms with Crippen LogP contribution < -0.4 is 5.73 Å². The fraction of sp³-hybridized carbons (Fsp3) is 0.273. The van der Waals surface area contributed by atoms with Gasteiger partial charge < -0.3 is 10.8 Å². The van der Waals surface area contributed by atoms with Crippen LogP contribution in [0, 0.1) is 10.1 Å². The summed E-state index contributed by atoms with van der Waals surface area (Å²) in [7, 11) is 0. The van der Waals surface area contributed by atoms with Gasteiger partial charge in [0.2, 0.25) is 0 Å². The minimum Gasteiger partial charge on any atom is -0.502 e. The van der Waals surface area contributed by atoms with Gasteiger partial charge in [0.25, 0.3) is 0 Å². The molecule has 0 radical (unpaired) electrons. The van der Waals surface area contributed by atoms with Gasteiger partial charge in [-0.1, -0.05) is 22.0 Å². The quantitative estimate of drug-likeness (QED) is 0.497. The lowest BCUT2D eigenvalue weighted by Crippen LogP contribution is -2.10. The van der Waals surface area contributed by atoms with Crippen LogP contribution in [0.1, 0.15) is 24.4 Å². The summed E-state index contributed by atoms with van der Waals surface area (Å²) in [6, 6.07) is 2.39. The zero-order chi connectivity index (χ0) is 13.0. The first kappa shape index (κ1) is 13.7. The maximum absolute atomic E-state index is 10.7. The molecule has 1 atom stereocenters. The smallest absolute Gasteiger partial charge is 0.312 e. The van der Waals surface area contributed by atoms with Gasteiger partial charge in [-0.25, -0.2) is 0 Å². The predicted octanol–water partition coefficient (Wildman–Crippen LogP) is 3.03. The SMILES string of the molecule is C=CCC[C@@H](N)c1cc(Br)cc([N+](=O)[O-])c1O. The Kier molecular flexibility index (Phi) is 4.65. The number of nitro groups is 1. The molecule has 0 unspecified atom stereocenters. The van der Waals surface area contributed by atoms with E-state index < -0.39 is 11.0 Å². The second-order valence-corrected chi connectivity index (χ2v) is 4.51. The van der Waals surface area contributed by atoms with E-state index >= 15 is 0 Å². The van der Waals surface area contributed by atoms with Gasteiger partial charge in [0.05, 0.1) is 4.92 Å². The Morgan fingerprint density at radius 2 is 2.29 bits per heavy atom. The maximum atomic E-state index is 10.7. The lowest BCUT2D eigenvalue weighted by molar-refractivity contribution is -0.386. The average Bonchev–Trinajstić information content (AvgIpc) is 2.28. The van der Waals surface area contributed by atoms with Crippen LogP contribution in [0.5, 0.6) is 5.75 Å². The Morgan fingerprint density at radius 3 is 2.82 bits per heavy atom. The van der Waals surface area contributed by atoms with Crippen LogP contribution in [0.4, 0.5) is 5.69 Å². The van der Waals surface area contributed by atoms with Crippen molar-refractivity contribution in [3.63, 3.8) is 0 Å². The van der Waals surface area contributed by atoms with Crippen molar-refractivity contribution < 1.29 is 10.0 Å². The highest BCUT2D eigenvalue weighted by Crippen LogP contribution is 2.37. The monoisotopic (exact) mass is 300 g/mol. The van der Waals surface area contributed by atoms with E-state index in [9.17, 15) is 15.2 Å². The number of rotatable bonds is 5. The Balaban J connectivity index is 3.14. The predicted molar refractivity (Wildman–Crippen MR) is 68.8 cm³/mol. The summed E-state index contributed by atoms with van der Waals surface area (Å²) in [4.78, 5) is 10.1. The van der Waals surface area contributed by atoms with Crippen molar-refractivity contribution in [3.8, 4) is 5.75 Å². The topological polar surface area (TPSA) is 89.4 Å². The van der Waals surface area contributed by atoms with Gasteiger partial charge >= 0.3 is 5.69 Å². The van der Waals surface area contributed by atoms with Gasteiger partial charge in [-0.05, 0) is 18.9 Å². The van der Waals surface area contributed by atoms with E-state index in [-0.39, 0.29) is 11.4 Å². The number of benzene rings is 1. The molecule has 0 amide bonds. The molecule has 92 valence electrons. The van der Waals surface area contributed by atoms with Crippen LogP contribution in [-0.2, 0) is 0 Å². The Bertz CT molecular complexity index is 449. The number of nitro benzene ring substituents is 1. The summed E-state index contributed by atoms with van der Waals surface area (Å²) in [5.41, 5.74) is 5.89. The molecule has 0 aliphatic carbocycles. The summed E-state index contributed by atoms with van der Waals surface area (Å²) < 4.78 is 0.519. The van der Waals surface area contributed by atoms with Crippen LogP contribution in [-0.4, -0.2) is 10.0 Å². The molecular formula is C11H13BrN2O3. The second-order valence-electron chi connectivity index (χ2n) is 3.59. The van der Waals surface area contributed by atoms with E-state index in [1.54, 1.807) is 12.1 Å². The van der Waals surface area contributed by atoms with Crippen molar-refractivity contribution in [1.82, 2.24) is 0 Å². The number of phenols is 1. The van der Waals surface area contributed by atoms with Gasteiger partial charge in [0.15, 0.2) is 5.75 Å². The molecule has 0 aliphatic heterocycles. The molecule has 0 saturated carbocycles. The van der Waals surface area contributed by atoms with Crippen LogP contribution in [0.25, 0.3) is 0 Å². The largest absolute Gasteiger partial charge is 0.502 e. The van der Waals surface area contributed by atoms with E-state index in [1.165, 1.54) is 6.07 Å². The molecule has 0 aromatic heterocycles. The maximum Gasteiger partial charge on any atom is 0.312 e. The standard InChI is InChI=1S/C11H13BrN2O3/c1-2-3-4-9(13)8-5-7(12)6-10(11(8)15)14(16)17/h2,5-6,9,15H,1,3-4,13H2/t9-/m1/s1. The Morgan fingerprint density at radius 1 is 1.65 bits per heavy atom. The van der Waals surface area contributed by atoms with Gasteiger partial charge in [0.1, 0.15) is 0 Å². The number of nitrogens with two attached hydrogens (primary N) is 1. The van der Waals surface area contributed by atoms with Gasteiger partial charge in [-0.2, -0.15) is 0 Å². The van der Waals surface area contributed by atoms with Crippen LogP contribution in [0.2, 0.25) is 0 Å². The van der Waals surface area contributed by atoms with Gasteiger partial charge in [-0.15, -0.1) is 6.58 Å². The Hall–Kier alpha value is -1.40. The number of halogens is 1. The van der Waals surface area contributed by atoms with E-state index in [0.717, 1.165) is 0 Å². The normalized spacial score (nSPS) is 12.1. The average molecular weight is 301 g/mol. The fourth-order valence-corrected chi connectivity index (χ4v) is 1.94. The molecule has 0 saturated heterocycles. The molecular weight excluding hydrogens is 288 g/mol. The molecule has 0 heterocycles. The molecule has 0 aliphatic rings. The highest BCUT2D eigenvalue weighted by atomic mass is 79.9. The third kappa shape index (κ3) is 3.28. The lowest BCUT2D eigenvalue weighted by atomic mass is 10.0. The lowest BCUT2D eigenvalue weighted by Gasteiger charge is -2.13. The van der Waals surface area contributed by atoms with Crippen molar-refractivity contribution in [2.75, 3.05) is 0 Å². The second kappa shape index (κ2) is 5.79. The number of nitrogens with zero attached hydrogens (tertiary/aromatic N) is 1. The summed E-state index contributed by atoms with van der Waals surface area (Å²) in [5, 5.41) is 20.5. The van der Waals surface area contributed by atoms with E-state index in [4.69, 9.17) is 5.73 Å². The van der Waals surface area contributed by atoms with Crippen molar-refractivity contribution in [2.24, 2.45) is 5.73 Å². The summed E-state index contributed by atoms with van der Waals surface area (Å²) in [6.45, 7) is 3.58. The highest BCUT2D eigenvalue weighted by Gasteiger charge is 2.21. The van der Waals surface area contributed by atoms with Gasteiger partial charge in [-0.3, -0.25) is 10.1 Å². The molecule has 1 aromatic carbocycles. The van der Waals surface area contributed by atoms with Crippen molar-refractivity contribution in [3.05, 3.63) is 44.9 Å². The summed E-state index contributed by atoms with van der Waals surface area (Å²) in [6.07, 6.45) is 2.97. The summed E-state index contributed by atoms with van der Waals surface area (Å²) in [5.74, 6) is -0.366. The molecule has 6 heteroatoms. The first-order chi connectivity index (χ1) is 7.97. The third-order valence-electron chi connectivity index (χ3n) is 2.36. The molecule has 5 nitrogen and oxygen atoms in total. The van der Waals surface area contributed by atoms with E-state index in [1.807, 2.05) is 0 Å². The van der Waals surface area contributed by atoms with Crippen LogP contribution in [0.15, 0.2) is 29.3 Å². The molecule has 0 bridgehead atoms. The molecule has 0 fully saturated rings. The van der Waals surface area contributed by atoms with Crippen LogP contribution >= 0.6 is 15.9 Å². The Labute approximate surface area is 107 Å². The minimum absolute atomic E-state index is 0.344. The first-order valence-corrected chi connectivity index (χ1v) is 5.80. The minimum atomic E-state index is -0.635. The van der Waals surface area contributed by atoms with E-state index in [0.29, 0.717) is 22.9 Å². The number of phenolic OH excluding ortho intramolecular Hbond substituents is 1. The summed E-state index contributed by atoms with van der Waals surface area (Å²) >= 11 is 3.16. The third-order valence-corrected chi connectivity index (χ3v) is 2.82. The van der Waals surface area contributed by atoms with Crippen molar-refractivity contribution in [1.29, 1.82) is 0 Å². The zero-order valence-electron chi connectivity index (χ0n) is 9.10. The zero-order valence-corrected chi connectivity index (χ0v) is 10.7.